The van der Waals surface area contributed by atoms with E-state index in [1.54, 1.807) is 0 Å². The van der Waals surface area contributed by atoms with Crippen LogP contribution in [0.4, 0.5) is 11.4 Å². The Kier molecular flexibility index (Phi) is 7.36. The molecule has 0 saturated carbocycles. The van der Waals surface area contributed by atoms with Crippen LogP contribution in [0, 0.1) is 6.08 Å². The summed E-state index contributed by atoms with van der Waals surface area (Å²) in [7, 11) is 8.23. The smallest absolute Gasteiger partial charge is 0.378 e. The van der Waals surface area contributed by atoms with Crippen molar-refractivity contribution in [3.63, 3.8) is 0 Å². The molecule has 0 heterocycles. The van der Waals surface area contributed by atoms with Crippen LogP contribution >= 0.6 is 0 Å². The minimum atomic E-state index is 0. The van der Waals surface area contributed by atoms with Gasteiger partial charge in [0.25, 0.3) is 0 Å². The molecule has 0 spiro atoms. The summed E-state index contributed by atoms with van der Waals surface area (Å²) in [5.74, 6) is 0. The van der Waals surface area contributed by atoms with E-state index in [2.05, 4.69) is 105 Å². The first kappa shape index (κ1) is 20.9. The largest absolute Gasteiger partial charge is 1.00 e. The third-order valence-corrected chi connectivity index (χ3v) is 4.39. The number of rotatable bonds is 5. The van der Waals surface area contributed by atoms with E-state index in [1.807, 2.05) is 18.2 Å². The van der Waals surface area contributed by atoms with Gasteiger partial charge in [0.05, 0.1) is 0 Å². The molecule has 132 valence electrons. The van der Waals surface area contributed by atoms with Crippen LogP contribution in [0.5, 0.6) is 0 Å². The third-order valence-electron chi connectivity index (χ3n) is 4.39. The number of benzene rings is 3. The Morgan fingerprint density at radius 1 is 0.593 bits per heavy atom. The number of hydrogen-bond acceptors (Lipinski definition) is 2. The first-order valence-corrected chi connectivity index (χ1v) is 8.79. The maximum Gasteiger partial charge on any atom is 1.00 e. The van der Waals surface area contributed by atoms with Crippen LogP contribution in [-0.4, -0.2) is 28.2 Å². The summed E-state index contributed by atoms with van der Waals surface area (Å²) in [4.78, 5) is 4.22. The molecule has 3 aromatic carbocycles. The number of anilines is 2. The van der Waals surface area contributed by atoms with Crippen molar-refractivity contribution in [1.82, 2.24) is 0 Å². The molecule has 0 saturated heterocycles. The SMILES string of the molecule is CN(C)c1ccc(C(=[C-]c2ccccc2)c2ccc(N(C)C)cc2)cc1.[Li+]. The molecule has 0 fully saturated rings. The Balaban J connectivity index is 0.00000261. The van der Waals surface area contributed by atoms with Crippen LogP contribution in [0.1, 0.15) is 16.7 Å². The van der Waals surface area contributed by atoms with Crippen LogP contribution in [0.3, 0.4) is 0 Å². The molecule has 0 radical (unpaired) electrons. The molecular weight excluding hydrogens is 323 g/mol. The van der Waals surface area contributed by atoms with E-state index >= 15 is 0 Å². The molecule has 0 aliphatic carbocycles. The zero-order valence-corrected chi connectivity index (χ0v) is 16.9. The average Bonchev–Trinajstić information content (AvgIpc) is 2.67. The van der Waals surface area contributed by atoms with Crippen LogP contribution in [-0.2, 0) is 0 Å². The van der Waals surface area contributed by atoms with Crippen LogP contribution in [0.2, 0.25) is 0 Å². The second-order valence-corrected chi connectivity index (χ2v) is 6.75. The molecule has 0 atom stereocenters. The molecule has 2 nitrogen and oxygen atoms in total. The van der Waals surface area contributed by atoms with Crippen molar-refractivity contribution in [1.29, 1.82) is 0 Å². The Morgan fingerprint density at radius 2 is 1.00 bits per heavy atom. The summed E-state index contributed by atoms with van der Waals surface area (Å²) in [5, 5.41) is 0. The molecule has 0 bridgehead atoms. The Hall–Kier alpha value is -2.40. The molecule has 3 aromatic rings. The van der Waals surface area contributed by atoms with Gasteiger partial charge in [0, 0.05) is 39.6 Å². The van der Waals surface area contributed by atoms with Gasteiger partial charge in [0.1, 0.15) is 0 Å². The summed E-state index contributed by atoms with van der Waals surface area (Å²) in [5.41, 5.74) is 6.89. The van der Waals surface area contributed by atoms with E-state index < -0.39 is 0 Å². The van der Waals surface area contributed by atoms with Crippen molar-refractivity contribution in [2.45, 2.75) is 0 Å². The molecule has 0 aromatic heterocycles. The van der Waals surface area contributed by atoms with E-state index in [-0.39, 0.29) is 18.9 Å². The summed E-state index contributed by atoms with van der Waals surface area (Å²) in [6.07, 6.45) is 3.60. The third kappa shape index (κ3) is 5.29. The number of nitrogens with zero attached hydrogens (tertiary/aromatic N) is 2. The first-order chi connectivity index (χ1) is 12.5. The van der Waals surface area contributed by atoms with Crippen molar-refractivity contribution in [3.8, 4) is 0 Å². The van der Waals surface area contributed by atoms with E-state index in [0.29, 0.717) is 0 Å². The van der Waals surface area contributed by atoms with Gasteiger partial charge in [0.15, 0.2) is 0 Å². The van der Waals surface area contributed by atoms with Gasteiger partial charge in [0.2, 0.25) is 0 Å². The normalized spacial score (nSPS) is 9.93. The van der Waals surface area contributed by atoms with Gasteiger partial charge in [-0.3, -0.25) is 0 Å². The van der Waals surface area contributed by atoms with Crippen LogP contribution in [0.25, 0.3) is 5.57 Å². The minimum absolute atomic E-state index is 0. The van der Waals surface area contributed by atoms with E-state index in [4.69, 9.17) is 0 Å². The standard InChI is InChI=1S/C24H25N2.Li/c1-25(2)22-14-10-20(11-15-22)24(18-19-8-6-5-7-9-19)21-12-16-23(17-13-21)26(3)4;/h5-17H,1-4H3;/q-1;+1. The summed E-state index contributed by atoms with van der Waals surface area (Å²) < 4.78 is 0. The maximum absolute atomic E-state index is 3.60. The fourth-order valence-electron chi connectivity index (χ4n) is 2.83. The molecule has 3 rings (SSSR count). The second-order valence-electron chi connectivity index (χ2n) is 6.75. The fourth-order valence-corrected chi connectivity index (χ4v) is 2.83. The van der Waals surface area contributed by atoms with Crippen LogP contribution < -0.4 is 28.7 Å². The molecule has 0 N–H and O–H groups in total. The average molecular weight is 348 g/mol. The van der Waals surface area contributed by atoms with Gasteiger partial charge in [-0.1, -0.05) is 53.6 Å². The Labute approximate surface area is 175 Å². The predicted octanol–water partition coefficient (Wildman–Crippen LogP) is 2.11. The zero-order valence-electron chi connectivity index (χ0n) is 16.9. The molecule has 0 amide bonds. The molecule has 0 aliphatic rings. The fraction of sp³-hybridized carbons (Fsp3) is 0.167. The van der Waals surface area contributed by atoms with E-state index in [9.17, 15) is 0 Å². The maximum atomic E-state index is 3.60. The molecule has 27 heavy (non-hydrogen) atoms. The van der Waals surface area contributed by atoms with Gasteiger partial charge in [-0.2, -0.15) is 0 Å². The Morgan fingerprint density at radius 3 is 1.37 bits per heavy atom. The van der Waals surface area contributed by atoms with Gasteiger partial charge in [-0.05, 0) is 24.3 Å². The Bertz CT molecular complexity index is 811. The quantitative estimate of drug-likeness (QED) is 0.396. The van der Waals surface area contributed by atoms with Gasteiger partial charge in [-0.15, -0.1) is 29.3 Å². The molecular formula is C24H25LiN2. The van der Waals surface area contributed by atoms with Crippen molar-refractivity contribution in [2.24, 2.45) is 0 Å². The summed E-state index contributed by atoms with van der Waals surface area (Å²) in [6.45, 7) is 0. The van der Waals surface area contributed by atoms with Crippen molar-refractivity contribution in [2.75, 3.05) is 38.0 Å². The zero-order chi connectivity index (χ0) is 18.5. The van der Waals surface area contributed by atoms with Crippen molar-refractivity contribution < 1.29 is 18.9 Å². The monoisotopic (exact) mass is 348 g/mol. The topological polar surface area (TPSA) is 6.48 Å². The van der Waals surface area contributed by atoms with Crippen molar-refractivity contribution >= 4 is 16.9 Å². The van der Waals surface area contributed by atoms with Crippen LogP contribution in [0.15, 0.2) is 78.9 Å². The minimum Gasteiger partial charge on any atom is -0.378 e. The molecule has 0 unspecified atom stereocenters. The summed E-state index contributed by atoms with van der Waals surface area (Å²) in [6, 6.07) is 27.6. The second kappa shape index (κ2) is 9.51. The van der Waals surface area contributed by atoms with Gasteiger partial charge < -0.3 is 9.80 Å². The molecule has 0 aliphatic heterocycles. The van der Waals surface area contributed by atoms with E-state index in [0.717, 1.165) is 22.3 Å². The number of hydrogen-bond donors (Lipinski definition) is 0. The van der Waals surface area contributed by atoms with Crippen molar-refractivity contribution in [3.05, 3.63) is 102 Å². The van der Waals surface area contributed by atoms with Gasteiger partial charge >= 0.3 is 18.9 Å². The van der Waals surface area contributed by atoms with E-state index in [1.165, 1.54) is 11.4 Å². The van der Waals surface area contributed by atoms with Gasteiger partial charge in [-0.25, -0.2) is 0 Å². The first-order valence-electron chi connectivity index (χ1n) is 8.79. The summed E-state index contributed by atoms with van der Waals surface area (Å²) >= 11 is 0. The predicted molar refractivity (Wildman–Crippen MR) is 113 cm³/mol. The molecule has 3 heteroatoms.